The summed E-state index contributed by atoms with van der Waals surface area (Å²) in [6, 6.07) is 26.4. The van der Waals surface area contributed by atoms with Gasteiger partial charge in [-0.3, -0.25) is 9.59 Å². The average Bonchev–Trinajstić information content (AvgIpc) is 3.47. The van der Waals surface area contributed by atoms with Crippen LogP contribution in [0.15, 0.2) is 104 Å². The first-order valence-electron chi connectivity index (χ1n) is 13.5. The number of carbonyl (C=O) groups excluding carboxylic acids is 2. The fourth-order valence-corrected chi connectivity index (χ4v) is 6.27. The third kappa shape index (κ3) is 8.19. The van der Waals surface area contributed by atoms with E-state index in [1.807, 2.05) is 79.9 Å². The Morgan fingerprint density at radius 2 is 1.66 bits per heavy atom. The molecule has 5 aromatic rings. The molecule has 0 unspecified atom stereocenters. The molecule has 0 aliphatic heterocycles. The van der Waals surface area contributed by atoms with Crippen LogP contribution in [0, 0.1) is 13.8 Å². The minimum absolute atomic E-state index is 0.165. The summed E-state index contributed by atoms with van der Waals surface area (Å²) in [6.45, 7) is 3.81. The van der Waals surface area contributed by atoms with Crippen molar-refractivity contribution in [3.05, 3.63) is 122 Å². The summed E-state index contributed by atoms with van der Waals surface area (Å²) >= 11 is 8.49. The lowest BCUT2D eigenvalue weighted by molar-refractivity contribution is -0.118. The monoisotopic (exact) mass is 731 g/mol. The SMILES string of the molecule is Cc1ccc(Nc2nc(-c3ccc(C(=O)N/N=C/c4cc(Br)c(OCC(=O)Nc5ccccc5C)c(Br)c4)cc3)cs2)cc1. The Balaban J connectivity index is 1.14. The summed E-state index contributed by atoms with van der Waals surface area (Å²) < 4.78 is 6.99. The van der Waals surface area contributed by atoms with Gasteiger partial charge in [0.25, 0.3) is 11.8 Å². The number of halogens is 2. The molecule has 0 saturated heterocycles. The molecule has 11 heteroatoms. The van der Waals surface area contributed by atoms with E-state index < -0.39 is 0 Å². The summed E-state index contributed by atoms with van der Waals surface area (Å²) in [7, 11) is 0. The largest absolute Gasteiger partial charge is 0.481 e. The van der Waals surface area contributed by atoms with E-state index in [-0.39, 0.29) is 18.4 Å². The fraction of sp³-hybridized carbons (Fsp3) is 0.0909. The predicted octanol–water partition coefficient (Wildman–Crippen LogP) is 8.48. The molecule has 1 heterocycles. The van der Waals surface area contributed by atoms with Crippen molar-refractivity contribution in [3.63, 3.8) is 0 Å². The van der Waals surface area contributed by atoms with E-state index in [1.165, 1.54) is 23.1 Å². The Hall–Kier alpha value is -4.32. The molecule has 0 aliphatic carbocycles. The minimum Gasteiger partial charge on any atom is -0.481 e. The van der Waals surface area contributed by atoms with Crippen LogP contribution in [0.5, 0.6) is 5.75 Å². The van der Waals surface area contributed by atoms with Crippen molar-refractivity contribution in [1.82, 2.24) is 10.4 Å². The number of rotatable bonds is 10. The van der Waals surface area contributed by atoms with Crippen molar-refractivity contribution in [1.29, 1.82) is 0 Å². The van der Waals surface area contributed by atoms with Crippen molar-refractivity contribution in [3.8, 4) is 17.0 Å². The van der Waals surface area contributed by atoms with Crippen LogP contribution in [0.2, 0.25) is 0 Å². The average molecular weight is 733 g/mol. The standard InChI is InChI=1S/C33H27Br2N5O3S/c1-20-7-13-25(14-8-20)37-33-39-29(19-44-33)23-9-11-24(12-10-23)32(42)40-36-17-22-15-26(34)31(27(35)16-22)43-18-30(41)38-28-6-4-3-5-21(28)2/h3-17,19H,18H2,1-2H3,(H,37,39)(H,38,41)(H,40,42)/b36-17+. The highest BCUT2D eigenvalue weighted by Crippen LogP contribution is 2.34. The van der Waals surface area contributed by atoms with E-state index in [2.05, 4.69) is 58.0 Å². The van der Waals surface area contributed by atoms with E-state index in [1.54, 1.807) is 24.3 Å². The molecule has 0 spiro atoms. The maximum Gasteiger partial charge on any atom is 0.271 e. The Kier molecular flexibility index (Phi) is 10.2. The Morgan fingerprint density at radius 3 is 2.36 bits per heavy atom. The molecule has 3 N–H and O–H groups in total. The van der Waals surface area contributed by atoms with E-state index >= 15 is 0 Å². The number of nitrogens with one attached hydrogen (secondary N) is 3. The quantitative estimate of drug-likeness (QED) is 0.0987. The molecule has 0 aliphatic rings. The van der Waals surface area contributed by atoms with Crippen molar-refractivity contribution < 1.29 is 14.3 Å². The number of hydrogen-bond donors (Lipinski definition) is 3. The molecule has 0 saturated carbocycles. The zero-order valence-corrected chi connectivity index (χ0v) is 27.7. The molecule has 5 rings (SSSR count). The molecule has 1 aromatic heterocycles. The van der Waals surface area contributed by atoms with Crippen LogP contribution >= 0.6 is 43.2 Å². The van der Waals surface area contributed by atoms with Crippen molar-refractivity contribution >= 4 is 77.7 Å². The van der Waals surface area contributed by atoms with E-state index in [9.17, 15) is 9.59 Å². The van der Waals surface area contributed by atoms with E-state index in [0.29, 0.717) is 25.8 Å². The summed E-state index contributed by atoms with van der Waals surface area (Å²) in [5, 5.41) is 13.0. The van der Waals surface area contributed by atoms with Gasteiger partial charge >= 0.3 is 0 Å². The number of ether oxygens (including phenoxy) is 1. The van der Waals surface area contributed by atoms with Gasteiger partial charge in [-0.2, -0.15) is 5.10 Å². The van der Waals surface area contributed by atoms with Crippen LogP contribution in [0.3, 0.4) is 0 Å². The van der Waals surface area contributed by atoms with Crippen LogP contribution in [-0.2, 0) is 4.79 Å². The molecule has 0 atom stereocenters. The van der Waals surface area contributed by atoms with Gasteiger partial charge in [-0.1, -0.05) is 48.0 Å². The van der Waals surface area contributed by atoms with Gasteiger partial charge in [-0.15, -0.1) is 11.3 Å². The number of nitrogens with zero attached hydrogens (tertiary/aromatic N) is 2. The number of anilines is 3. The van der Waals surface area contributed by atoms with Gasteiger partial charge in [0.1, 0.15) is 5.75 Å². The Morgan fingerprint density at radius 1 is 0.955 bits per heavy atom. The van der Waals surface area contributed by atoms with Crippen LogP contribution in [-0.4, -0.2) is 29.6 Å². The van der Waals surface area contributed by atoms with Crippen molar-refractivity contribution in [2.75, 3.05) is 17.2 Å². The maximum atomic E-state index is 12.7. The molecule has 0 radical (unpaired) electrons. The number of aryl methyl sites for hydroxylation is 2. The van der Waals surface area contributed by atoms with Gasteiger partial charge in [0.05, 0.1) is 20.9 Å². The van der Waals surface area contributed by atoms with Crippen molar-refractivity contribution in [2.24, 2.45) is 5.10 Å². The number of carbonyl (C=O) groups is 2. The third-order valence-electron chi connectivity index (χ3n) is 6.42. The lowest BCUT2D eigenvalue weighted by Gasteiger charge is -2.12. The van der Waals surface area contributed by atoms with Gasteiger partial charge in [0.15, 0.2) is 11.7 Å². The number of hydrogen-bond acceptors (Lipinski definition) is 7. The molecular formula is C33H27Br2N5O3S. The number of para-hydroxylation sites is 1. The molecule has 0 fully saturated rings. The van der Waals surface area contributed by atoms with Gasteiger partial charge in [-0.05, 0) is 99.3 Å². The molecule has 4 aromatic carbocycles. The second kappa shape index (κ2) is 14.4. The van der Waals surface area contributed by atoms with E-state index in [4.69, 9.17) is 4.74 Å². The highest BCUT2D eigenvalue weighted by atomic mass is 79.9. The topological polar surface area (TPSA) is 105 Å². The first kappa shape index (κ1) is 31.1. The molecular weight excluding hydrogens is 706 g/mol. The van der Waals surface area contributed by atoms with Crippen LogP contribution in [0.4, 0.5) is 16.5 Å². The number of benzene rings is 4. The summed E-state index contributed by atoms with van der Waals surface area (Å²) in [5.41, 5.74) is 9.34. The first-order valence-corrected chi connectivity index (χ1v) is 15.9. The molecule has 8 nitrogen and oxygen atoms in total. The van der Waals surface area contributed by atoms with Gasteiger partial charge in [0.2, 0.25) is 0 Å². The normalized spacial score (nSPS) is 10.9. The fourth-order valence-electron chi connectivity index (χ4n) is 4.08. The molecule has 0 bridgehead atoms. The minimum atomic E-state index is -0.342. The second-order valence-electron chi connectivity index (χ2n) is 9.77. The molecule has 2 amide bonds. The molecule has 44 heavy (non-hydrogen) atoms. The highest BCUT2D eigenvalue weighted by molar-refractivity contribution is 9.11. The maximum absolute atomic E-state index is 12.7. The van der Waals surface area contributed by atoms with Gasteiger partial charge in [0, 0.05) is 27.9 Å². The second-order valence-corrected chi connectivity index (χ2v) is 12.3. The summed E-state index contributed by atoms with van der Waals surface area (Å²) in [4.78, 5) is 29.7. The van der Waals surface area contributed by atoms with Crippen molar-refractivity contribution in [2.45, 2.75) is 13.8 Å². The Labute approximate surface area is 275 Å². The smallest absolute Gasteiger partial charge is 0.271 e. The summed E-state index contributed by atoms with van der Waals surface area (Å²) in [5.74, 6) is -0.138. The number of thiazole rings is 1. The highest BCUT2D eigenvalue weighted by Gasteiger charge is 2.13. The number of hydrazone groups is 1. The first-order chi connectivity index (χ1) is 21.2. The zero-order chi connectivity index (χ0) is 31.1. The predicted molar refractivity (Wildman–Crippen MR) is 184 cm³/mol. The third-order valence-corrected chi connectivity index (χ3v) is 8.35. The van der Waals surface area contributed by atoms with Crippen LogP contribution in [0.25, 0.3) is 11.3 Å². The Bertz CT molecular complexity index is 1800. The zero-order valence-electron chi connectivity index (χ0n) is 23.7. The number of amides is 2. The van der Waals surface area contributed by atoms with Crippen LogP contribution < -0.4 is 20.8 Å². The van der Waals surface area contributed by atoms with Gasteiger partial charge < -0.3 is 15.4 Å². The number of aromatic nitrogens is 1. The van der Waals surface area contributed by atoms with E-state index in [0.717, 1.165) is 33.3 Å². The summed E-state index contributed by atoms with van der Waals surface area (Å²) in [6.07, 6.45) is 1.52. The van der Waals surface area contributed by atoms with Gasteiger partial charge in [-0.25, -0.2) is 10.4 Å². The molecule has 222 valence electrons. The lowest BCUT2D eigenvalue weighted by atomic mass is 10.1. The van der Waals surface area contributed by atoms with Crippen LogP contribution in [0.1, 0.15) is 27.0 Å². The lowest BCUT2D eigenvalue weighted by Crippen LogP contribution is -2.21.